The maximum absolute atomic E-state index is 12.3. The molecule has 0 aliphatic heterocycles. The Morgan fingerprint density at radius 1 is 0.949 bits per heavy atom. The van der Waals surface area contributed by atoms with Crippen LogP contribution in [0.15, 0.2) is 11.6 Å². The van der Waals surface area contributed by atoms with Crippen LogP contribution in [0.3, 0.4) is 0 Å². The zero-order valence-electron chi connectivity index (χ0n) is 26.0. The Morgan fingerprint density at radius 3 is 2.49 bits per heavy atom. The molecule has 0 saturated heterocycles. The zero-order valence-corrected chi connectivity index (χ0v) is 26.0. The minimum atomic E-state index is -0.556. The van der Waals surface area contributed by atoms with Gasteiger partial charge in [0.15, 0.2) is 0 Å². The van der Waals surface area contributed by atoms with E-state index in [2.05, 4.69) is 40.7 Å². The molecule has 39 heavy (non-hydrogen) atoms. The minimum absolute atomic E-state index is 0.0661. The van der Waals surface area contributed by atoms with Gasteiger partial charge in [0.05, 0.1) is 19.8 Å². The molecule has 0 amide bonds. The number of rotatable bonds is 13. The van der Waals surface area contributed by atoms with Gasteiger partial charge < -0.3 is 18.9 Å². The van der Waals surface area contributed by atoms with Crippen molar-refractivity contribution < 1.29 is 23.7 Å². The molecule has 0 radical (unpaired) electrons. The SMILES string of the molecule is CCOCCOCCOC(=O)O[C@@H]1CC[C@@]2(C)C(=CC[C@H]3[C@H]4CC[C@H]([C@H](C)CCCC(C)C)[C@@]4(C)CC[C@@H]32)C1. The quantitative estimate of drug-likeness (QED) is 0.131. The topological polar surface area (TPSA) is 54.0 Å². The average Bonchev–Trinajstić information content (AvgIpc) is 3.25. The van der Waals surface area contributed by atoms with Gasteiger partial charge in [-0.15, -0.1) is 0 Å². The van der Waals surface area contributed by atoms with Crippen molar-refractivity contribution in [3.05, 3.63) is 11.6 Å². The smallest absolute Gasteiger partial charge is 0.432 e. The van der Waals surface area contributed by atoms with Crippen LogP contribution < -0.4 is 0 Å². The second-order valence-electron chi connectivity index (χ2n) is 14.2. The maximum Gasteiger partial charge on any atom is 0.508 e. The summed E-state index contributed by atoms with van der Waals surface area (Å²) in [5.74, 6) is 5.07. The van der Waals surface area contributed by atoms with E-state index in [1.165, 1.54) is 51.4 Å². The molecule has 5 nitrogen and oxygen atoms in total. The first-order valence-electron chi connectivity index (χ1n) is 16.4. The third-order valence-electron chi connectivity index (χ3n) is 11.5. The van der Waals surface area contributed by atoms with Gasteiger partial charge in [0.2, 0.25) is 0 Å². The molecule has 4 aliphatic carbocycles. The van der Waals surface area contributed by atoms with E-state index in [0.29, 0.717) is 31.8 Å². The van der Waals surface area contributed by atoms with E-state index >= 15 is 0 Å². The summed E-state index contributed by atoms with van der Waals surface area (Å²) in [6, 6.07) is 0. The average molecular weight is 547 g/mol. The van der Waals surface area contributed by atoms with Gasteiger partial charge in [-0.1, -0.05) is 65.5 Å². The molecule has 0 unspecified atom stereocenters. The molecule has 0 bridgehead atoms. The Labute approximate surface area is 239 Å². The predicted octanol–water partition coefficient (Wildman–Crippen LogP) is 8.60. The van der Waals surface area contributed by atoms with Gasteiger partial charge in [-0.25, -0.2) is 4.79 Å². The Balaban J connectivity index is 1.29. The van der Waals surface area contributed by atoms with Gasteiger partial charge in [-0.05, 0) is 98.2 Å². The fraction of sp³-hybridized carbons (Fsp3) is 0.912. The van der Waals surface area contributed by atoms with Crippen LogP contribution in [-0.4, -0.2) is 45.3 Å². The van der Waals surface area contributed by atoms with Crippen LogP contribution >= 0.6 is 0 Å². The highest BCUT2D eigenvalue weighted by Crippen LogP contribution is 2.67. The molecule has 3 fully saturated rings. The van der Waals surface area contributed by atoms with Crippen molar-refractivity contribution in [2.24, 2.45) is 46.3 Å². The molecule has 5 heteroatoms. The Kier molecular flexibility index (Phi) is 10.9. The first kappa shape index (κ1) is 30.9. The van der Waals surface area contributed by atoms with Crippen LogP contribution in [0.1, 0.15) is 112 Å². The van der Waals surface area contributed by atoms with Crippen molar-refractivity contribution >= 4 is 6.16 Å². The molecule has 4 aliphatic rings. The number of allylic oxidation sites excluding steroid dienone is 1. The van der Waals surface area contributed by atoms with Gasteiger partial charge in [0.1, 0.15) is 12.7 Å². The number of fused-ring (bicyclic) bond motifs is 5. The molecular weight excluding hydrogens is 488 g/mol. The van der Waals surface area contributed by atoms with Crippen LogP contribution in [0, 0.1) is 46.3 Å². The minimum Gasteiger partial charge on any atom is -0.432 e. The number of hydrogen-bond acceptors (Lipinski definition) is 5. The van der Waals surface area contributed by atoms with Crippen LogP contribution in [0.4, 0.5) is 4.79 Å². The third kappa shape index (κ3) is 7.05. The van der Waals surface area contributed by atoms with Crippen LogP contribution in [0.25, 0.3) is 0 Å². The molecule has 0 spiro atoms. The van der Waals surface area contributed by atoms with E-state index in [0.717, 1.165) is 54.8 Å². The summed E-state index contributed by atoms with van der Waals surface area (Å²) in [5, 5.41) is 0. The Bertz CT molecular complexity index is 822. The van der Waals surface area contributed by atoms with Crippen molar-refractivity contribution in [3.8, 4) is 0 Å². The molecule has 3 saturated carbocycles. The largest absolute Gasteiger partial charge is 0.508 e. The molecule has 0 aromatic heterocycles. The number of carbonyl (C=O) groups is 1. The first-order chi connectivity index (χ1) is 18.7. The second-order valence-corrected chi connectivity index (χ2v) is 14.2. The summed E-state index contributed by atoms with van der Waals surface area (Å²) in [6.45, 7) is 16.8. The van der Waals surface area contributed by atoms with Crippen molar-refractivity contribution in [1.29, 1.82) is 0 Å². The lowest BCUT2D eigenvalue weighted by molar-refractivity contribution is -0.0627. The summed E-state index contributed by atoms with van der Waals surface area (Å²) < 4.78 is 21.7. The van der Waals surface area contributed by atoms with Crippen molar-refractivity contribution in [2.75, 3.05) is 33.0 Å². The zero-order chi connectivity index (χ0) is 28.0. The van der Waals surface area contributed by atoms with Crippen molar-refractivity contribution in [1.82, 2.24) is 0 Å². The molecule has 0 aromatic rings. The summed E-state index contributed by atoms with van der Waals surface area (Å²) in [5.41, 5.74) is 2.34. The lowest BCUT2D eigenvalue weighted by atomic mass is 9.47. The van der Waals surface area contributed by atoms with E-state index in [4.69, 9.17) is 18.9 Å². The highest BCUT2D eigenvalue weighted by atomic mass is 16.7. The van der Waals surface area contributed by atoms with Gasteiger partial charge in [-0.3, -0.25) is 0 Å². The normalized spacial score (nSPS) is 36.5. The predicted molar refractivity (Wildman–Crippen MR) is 157 cm³/mol. The lowest BCUT2D eigenvalue weighted by Crippen LogP contribution is -2.51. The number of ether oxygens (including phenoxy) is 4. The summed E-state index contributed by atoms with van der Waals surface area (Å²) in [6.07, 6.45) is 15.9. The second kappa shape index (κ2) is 13.7. The molecule has 0 heterocycles. The first-order valence-corrected chi connectivity index (χ1v) is 16.4. The summed E-state index contributed by atoms with van der Waals surface area (Å²) in [4.78, 5) is 12.3. The van der Waals surface area contributed by atoms with E-state index in [-0.39, 0.29) is 18.1 Å². The van der Waals surface area contributed by atoms with Crippen molar-refractivity contribution in [2.45, 2.75) is 118 Å². The van der Waals surface area contributed by atoms with Crippen LogP contribution in [0.5, 0.6) is 0 Å². The fourth-order valence-corrected chi connectivity index (χ4v) is 9.47. The summed E-state index contributed by atoms with van der Waals surface area (Å²) in [7, 11) is 0. The highest BCUT2D eigenvalue weighted by molar-refractivity contribution is 5.60. The van der Waals surface area contributed by atoms with Crippen molar-refractivity contribution in [3.63, 3.8) is 0 Å². The van der Waals surface area contributed by atoms with Gasteiger partial charge in [0, 0.05) is 13.0 Å². The van der Waals surface area contributed by atoms with E-state index < -0.39 is 6.16 Å². The van der Waals surface area contributed by atoms with Gasteiger partial charge >= 0.3 is 6.16 Å². The molecule has 8 atom stereocenters. The molecular formula is C34H58O5. The summed E-state index contributed by atoms with van der Waals surface area (Å²) >= 11 is 0. The van der Waals surface area contributed by atoms with Crippen LogP contribution in [0.2, 0.25) is 0 Å². The fourth-order valence-electron chi connectivity index (χ4n) is 9.47. The maximum atomic E-state index is 12.3. The molecule has 4 rings (SSSR count). The Hall–Kier alpha value is -1.07. The number of hydrogen-bond donors (Lipinski definition) is 0. The standard InChI is InChI=1S/C34H58O5/c1-7-36-19-20-37-21-22-38-32(35)39-27-15-17-33(5)26(23-27)11-12-28-30-14-13-29(25(4)10-8-9-24(2)3)34(30,6)18-16-31(28)33/h11,24-25,27-31H,7-10,12-23H2,1-6H3/t25-,27-,28+,29-,30-,31+,33+,34-/m1/s1. The third-order valence-corrected chi connectivity index (χ3v) is 11.5. The van der Waals surface area contributed by atoms with Gasteiger partial charge in [0.25, 0.3) is 0 Å². The molecule has 224 valence electrons. The van der Waals surface area contributed by atoms with E-state index in [1.807, 2.05) is 6.92 Å². The highest BCUT2D eigenvalue weighted by Gasteiger charge is 2.59. The van der Waals surface area contributed by atoms with E-state index in [9.17, 15) is 4.79 Å². The van der Waals surface area contributed by atoms with Crippen LogP contribution in [-0.2, 0) is 18.9 Å². The molecule has 0 N–H and O–H groups in total. The van der Waals surface area contributed by atoms with Gasteiger partial charge in [-0.2, -0.15) is 0 Å². The monoisotopic (exact) mass is 546 g/mol. The Morgan fingerprint density at radius 2 is 1.72 bits per heavy atom. The number of carbonyl (C=O) groups excluding carboxylic acids is 1. The molecule has 0 aromatic carbocycles. The van der Waals surface area contributed by atoms with E-state index in [1.54, 1.807) is 5.57 Å². The lowest BCUT2D eigenvalue weighted by Gasteiger charge is -2.58.